The lowest BCUT2D eigenvalue weighted by atomic mass is 9.76. The van der Waals surface area contributed by atoms with Crippen LogP contribution in [-0.4, -0.2) is 0 Å². The maximum Gasteiger partial charge on any atom is 0.134 e. The third-order valence-corrected chi connectivity index (χ3v) is 7.19. The summed E-state index contributed by atoms with van der Waals surface area (Å²) in [6, 6.07) is 18.4. The van der Waals surface area contributed by atoms with E-state index in [4.69, 9.17) is 0 Å². The molecule has 3 aromatic rings. The summed E-state index contributed by atoms with van der Waals surface area (Å²) < 4.78 is 15.4. The molecule has 0 saturated heterocycles. The Morgan fingerprint density at radius 3 is 2.38 bits per heavy atom. The second-order valence-corrected chi connectivity index (χ2v) is 9.54. The van der Waals surface area contributed by atoms with Crippen LogP contribution in [0, 0.1) is 23.6 Å². The van der Waals surface area contributed by atoms with Gasteiger partial charge in [0, 0.05) is 16.5 Å². The number of rotatable bonds is 7. The lowest BCUT2D eigenvalue weighted by Crippen LogP contribution is -2.14. The first-order chi connectivity index (χ1) is 16.7. The van der Waals surface area contributed by atoms with Crippen LogP contribution < -0.4 is 0 Å². The molecule has 0 heterocycles. The molecule has 0 radical (unpaired) electrons. The highest BCUT2D eigenvalue weighted by Gasteiger charge is 2.24. The van der Waals surface area contributed by atoms with Gasteiger partial charge in [0.15, 0.2) is 0 Å². The summed E-state index contributed by atoms with van der Waals surface area (Å²) in [6.07, 6.45) is 15.3. The van der Waals surface area contributed by atoms with E-state index in [0.717, 1.165) is 60.1 Å². The Balaban J connectivity index is 1.45. The van der Waals surface area contributed by atoms with Crippen molar-refractivity contribution in [2.75, 3.05) is 0 Å². The van der Waals surface area contributed by atoms with Crippen LogP contribution >= 0.6 is 0 Å². The van der Waals surface area contributed by atoms with Crippen LogP contribution in [0.2, 0.25) is 0 Å². The Morgan fingerprint density at radius 1 is 0.912 bits per heavy atom. The van der Waals surface area contributed by atoms with Crippen LogP contribution in [0.25, 0.3) is 10.8 Å². The van der Waals surface area contributed by atoms with Crippen LogP contribution in [0.1, 0.15) is 80.0 Å². The smallest absolute Gasteiger partial charge is 0.134 e. The number of hydrogen-bond donors (Lipinski definition) is 0. The van der Waals surface area contributed by atoms with Crippen molar-refractivity contribution < 1.29 is 4.39 Å². The van der Waals surface area contributed by atoms with Crippen LogP contribution in [0.15, 0.2) is 79.4 Å². The molecule has 1 heteroatoms. The highest BCUT2D eigenvalue weighted by Crippen LogP contribution is 2.39. The highest BCUT2D eigenvalue weighted by molar-refractivity contribution is 5.85. The van der Waals surface area contributed by atoms with Crippen molar-refractivity contribution in [2.24, 2.45) is 5.92 Å². The van der Waals surface area contributed by atoms with Gasteiger partial charge in [0.1, 0.15) is 5.82 Å². The highest BCUT2D eigenvalue weighted by atomic mass is 19.1. The SMILES string of the molecule is C=CCCC1CCC(c2ccc3cc(C#Cc4ccc(CC/C=C/C)cc4)ccc3c2F)CC1. The van der Waals surface area contributed by atoms with E-state index < -0.39 is 0 Å². The van der Waals surface area contributed by atoms with Crippen molar-refractivity contribution in [1.29, 1.82) is 0 Å². The molecule has 34 heavy (non-hydrogen) atoms. The summed E-state index contributed by atoms with van der Waals surface area (Å²) in [6.45, 7) is 5.89. The quantitative estimate of drug-likeness (QED) is 0.249. The van der Waals surface area contributed by atoms with E-state index in [2.05, 4.69) is 67.8 Å². The summed E-state index contributed by atoms with van der Waals surface area (Å²) in [5.74, 6) is 7.57. The summed E-state index contributed by atoms with van der Waals surface area (Å²) in [7, 11) is 0. The molecular formula is C33H35F. The molecule has 0 aliphatic heterocycles. The van der Waals surface area contributed by atoms with Gasteiger partial charge in [-0.2, -0.15) is 0 Å². The van der Waals surface area contributed by atoms with E-state index in [-0.39, 0.29) is 5.82 Å². The van der Waals surface area contributed by atoms with Crippen molar-refractivity contribution in [3.05, 3.63) is 107 Å². The number of benzene rings is 3. The second-order valence-electron chi connectivity index (χ2n) is 9.54. The van der Waals surface area contributed by atoms with E-state index in [1.807, 2.05) is 30.3 Å². The van der Waals surface area contributed by atoms with Gasteiger partial charge in [-0.1, -0.05) is 60.4 Å². The fourth-order valence-electron chi connectivity index (χ4n) is 5.13. The van der Waals surface area contributed by atoms with Crippen LogP contribution in [0.4, 0.5) is 4.39 Å². The van der Waals surface area contributed by atoms with Gasteiger partial charge in [-0.15, -0.1) is 6.58 Å². The summed E-state index contributed by atoms with van der Waals surface area (Å²) in [4.78, 5) is 0. The Hall–Kier alpha value is -3.11. The van der Waals surface area contributed by atoms with Crippen molar-refractivity contribution >= 4 is 10.8 Å². The van der Waals surface area contributed by atoms with Crippen molar-refractivity contribution in [1.82, 2.24) is 0 Å². The topological polar surface area (TPSA) is 0 Å². The zero-order valence-corrected chi connectivity index (χ0v) is 20.3. The van der Waals surface area contributed by atoms with Gasteiger partial charge >= 0.3 is 0 Å². The van der Waals surface area contributed by atoms with Gasteiger partial charge in [-0.3, -0.25) is 0 Å². The molecule has 3 aromatic carbocycles. The minimum absolute atomic E-state index is 0.0416. The Morgan fingerprint density at radius 2 is 1.65 bits per heavy atom. The fourth-order valence-corrected chi connectivity index (χ4v) is 5.13. The number of allylic oxidation sites excluding steroid dienone is 3. The average Bonchev–Trinajstić information content (AvgIpc) is 2.88. The lowest BCUT2D eigenvalue weighted by Gasteiger charge is -2.29. The molecule has 1 fully saturated rings. The van der Waals surface area contributed by atoms with E-state index in [0.29, 0.717) is 11.3 Å². The maximum absolute atomic E-state index is 15.4. The molecule has 174 valence electrons. The van der Waals surface area contributed by atoms with Gasteiger partial charge < -0.3 is 0 Å². The number of halogens is 1. The predicted molar refractivity (Wildman–Crippen MR) is 144 cm³/mol. The minimum atomic E-state index is -0.0416. The maximum atomic E-state index is 15.4. The fraction of sp³-hybridized carbons (Fsp3) is 0.333. The van der Waals surface area contributed by atoms with E-state index in [9.17, 15) is 0 Å². The third-order valence-electron chi connectivity index (χ3n) is 7.19. The lowest BCUT2D eigenvalue weighted by molar-refractivity contribution is 0.308. The molecule has 0 aromatic heterocycles. The van der Waals surface area contributed by atoms with Gasteiger partial charge in [-0.25, -0.2) is 4.39 Å². The van der Waals surface area contributed by atoms with Gasteiger partial charge in [-0.05, 0) is 111 Å². The van der Waals surface area contributed by atoms with Gasteiger partial charge in [0.05, 0.1) is 0 Å². The summed E-state index contributed by atoms with van der Waals surface area (Å²) in [5, 5.41) is 1.63. The summed E-state index contributed by atoms with van der Waals surface area (Å²) >= 11 is 0. The first-order valence-electron chi connectivity index (χ1n) is 12.7. The molecule has 0 nitrogen and oxygen atoms in total. The van der Waals surface area contributed by atoms with Crippen LogP contribution in [-0.2, 0) is 6.42 Å². The van der Waals surface area contributed by atoms with Crippen LogP contribution in [0.5, 0.6) is 0 Å². The van der Waals surface area contributed by atoms with Gasteiger partial charge in [0.2, 0.25) is 0 Å². The molecule has 0 atom stereocenters. The Kier molecular flexibility index (Phi) is 8.37. The average molecular weight is 451 g/mol. The molecule has 0 spiro atoms. The molecule has 0 N–H and O–H groups in total. The number of fused-ring (bicyclic) bond motifs is 1. The Bertz CT molecular complexity index is 1200. The molecule has 1 aliphatic rings. The zero-order chi connectivity index (χ0) is 23.8. The zero-order valence-electron chi connectivity index (χ0n) is 20.3. The predicted octanol–water partition coefficient (Wildman–Crippen LogP) is 9.13. The number of hydrogen-bond acceptors (Lipinski definition) is 0. The molecule has 1 aliphatic carbocycles. The largest absolute Gasteiger partial charge is 0.206 e. The van der Waals surface area contributed by atoms with Crippen molar-refractivity contribution in [3.8, 4) is 11.8 Å². The van der Waals surface area contributed by atoms with E-state index >= 15 is 4.39 Å². The van der Waals surface area contributed by atoms with Crippen molar-refractivity contribution in [3.63, 3.8) is 0 Å². The molecule has 0 bridgehead atoms. The van der Waals surface area contributed by atoms with E-state index in [1.54, 1.807) is 0 Å². The molecule has 0 amide bonds. The monoisotopic (exact) mass is 450 g/mol. The molecule has 0 unspecified atom stereocenters. The van der Waals surface area contributed by atoms with Crippen LogP contribution in [0.3, 0.4) is 0 Å². The normalized spacial score (nSPS) is 18.1. The Labute approximate surface area is 204 Å². The summed E-state index contributed by atoms with van der Waals surface area (Å²) in [5.41, 5.74) is 4.13. The minimum Gasteiger partial charge on any atom is -0.206 e. The first kappa shape index (κ1) is 24.0. The molecule has 4 rings (SSSR count). The van der Waals surface area contributed by atoms with Crippen molar-refractivity contribution in [2.45, 2.75) is 64.2 Å². The standard InChI is InChI=1S/C33H35F/c1-3-5-7-9-26-10-12-27(13-11-26)14-15-28-18-22-32-30(24-28)21-23-31(33(32)34)29-19-16-25(17-20-29)8-6-4-2/h3-5,10-13,18,21-25,29H,2,6-9,16-17,19-20H2,1H3/b5-3+. The molecule has 1 saturated carbocycles. The second kappa shape index (κ2) is 11.8. The van der Waals surface area contributed by atoms with E-state index in [1.165, 1.54) is 24.8 Å². The third kappa shape index (κ3) is 6.06. The molecular weight excluding hydrogens is 415 g/mol. The first-order valence-corrected chi connectivity index (χ1v) is 12.7. The number of aryl methyl sites for hydroxylation is 1. The van der Waals surface area contributed by atoms with Gasteiger partial charge in [0.25, 0.3) is 0 Å².